The third-order valence-electron chi connectivity index (χ3n) is 5.15. The Kier molecular flexibility index (Phi) is 6.13. The van der Waals surface area contributed by atoms with Crippen LogP contribution >= 0.6 is 11.6 Å². The monoisotopic (exact) mass is 307 g/mol. The van der Waals surface area contributed by atoms with E-state index in [0.717, 1.165) is 29.3 Å². The second-order valence-corrected chi connectivity index (χ2v) is 7.46. The van der Waals surface area contributed by atoms with Crippen molar-refractivity contribution in [3.63, 3.8) is 0 Å². The van der Waals surface area contributed by atoms with Crippen molar-refractivity contribution >= 4 is 11.6 Å². The van der Waals surface area contributed by atoms with Crippen LogP contribution in [-0.2, 0) is 0 Å². The second kappa shape index (κ2) is 7.65. The van der Waals surface area contributed by atoms with Crippen LogP contribution in [-0.4, -0.2) is 6.54 Å². The molecule has 2 rings (SSSR count). The zero-order chi connectivity index (χ0) is 15.4. The van der Waals surface area contributed by atoms with Crippen molar-refractivity contribution in [1.82, 2.24) is 5.32 Å². The summed E-state index contributed by atoms with van der Waals surface area (Å²) in [5, 5.41) is 4.65. The summed E-state index contributed by atoms with van der Waals surface area (Å²) in [6.07, 6.45) is 5.19. The average Bonchev–Trinajstić information content (AvgIpc) is 2.42. The van der Waals surface area contributed by atoms with E-state index in [1.807, 2.05) is 6.07 Å². The highest BCUT2D eigenvalue weighted by Crippen LogP contribution is 2.40. The van der Waals surface area contributed by atoms with Gasteiger partial charge in [-0.2, -0.15) is 0 Å². The molecule has 21 heavy (non-hydrogen) atoms. The van der Waals surface area contributed by atoms with Gasteiger partial charge in [-0.1, -0.05) is 44.9 Å². The highest BCUT2D eigenvalue weighted by Gasteiger charge is 2.30. The Morgan fingerprint density at radius 1 is 1.19 bits per heavy atom. The Balaban J connectivity index is 2.21. The van der Waals surface area contributed by atoms with Crippen molar-refractivity contribution in [3.8, 4) is 0 Å². The Labute approximate surface area is 135 Å². The average molecular weight is 308 g/mol. The first-order valence-corrected chi connectivity index (χ1v) is 8.89. The quantitative estimate of drug-likeness (QED) is 0.729. The molecule has 1 aliphatic rings. The van der Waals surface area contributed by atoms with Crippen LogP contribution in [0.4, 0.5) is 0 Å². The smallest absolute Gasteiger partial charge is 0.0411 e. The summed E-state index contributed by atoms with van der Waals surface area (Å²) in [7, 11) is 0. The predicted octanol–water partition coefficient (Wildman–Crippen LogP) is 5.76. The normalized spacial score (nSPS) is 27.6. The second-order valence-electron chi connectivity index (χ2n) is 7.02. The Hall–Kier alpha value is -0.530. The lowest BCUT2D eigenvalue weighted by molar-refractivity contribution is 0.171. The van der Waals surface area contributed by atoms with Crippen molar-refractivity contribution in [2.75, 3.05) is 6.54 Å². The maximum atomic E-state index is 6.29. The number of halogens is 1. The summed E-state index contributed by atoms with van der Waals surface area (Å²) in [5.41, 5.74) is 2.64. The summed E-state index contributed by atoms with van der Waals surface area (Å²) < 4.78 is 0. The van der Waals surface area contributed by atoms with E-state index in [1.54, 1.807) is 0 Å². The predicted molar refractivity (Wildman–Crippen MR) is 92.9 cm³/mol. The lowest BCUT2D eigenvalue weighted by atomic mass is 9.72. The van der Waals surface area contributed by atoms with E-state index in [1.165, 1.54) is 36.8 Å². The maximum absolute atomic E-state index is 6.29. The van der Waals surface area contributed by atoms with Gasteiger partial charge in [0.1, 0.15) is 0 Å². The number of aryl methyl sites for hydroxylation is 1. The first kappa shape index (κ1) is 16.8. The molecule has 0 aliphatic heterocycles. The number of benzene rings is 1. The van der Waals surface area contributed by atoms with Crippen molar-refractivity contribution in [1.29, 1.82) is 0 Å². The SMILES string of the molecule is CCCNC(c1cc(C)cc(Cl)c1)C1CCC(C)C(C)C1. The van der Waals surface area contributed by atoms with Crippen LogP contribution in [0, 0.1) is 24.7 Å². The van der Waals surface area contributed by atoms with Gasteiger partial charge in [0.15, 0.2) is 0 Å². The minimum Gasteiger partial charge on any atom is -0.310 e. The van der Waals surface area contributed by atoms with Crippen molar-refractivity contribution in [2.24, 2.45) is 17.8 Å². The van der Waals surface area contributed by atoms with Crippen LogP contribution in [0.1, 0.15) is 63.6 Å². The first-order chi connectivity index (χ1) is 10.0. The summed E-state index contributed by atoms with van der Waals surface area (Å²) in [6.45, 7) is 10.3. The molecular weight excluding hydrogens is 278 g/mol. The van der Waals surface area contributed by atoms with E-state index in [9.17, 15) is 0 Å². The van der Waals surface area contributed by atoms with E-state index in [2.05, 4.69) is 45.1 Å². The van der Waals surface area contributed by atoms with E-state index in [-0.39, 0.29) is 0 Å². The molecule has 1 aromatic carbocycles. The van der Waals surface area contributed by atoms with Gasteiger partial charge in [0, 0.05) is 11.1 Å². The van der Waals surface area contributed by atoms with Gasteiger partial charge in [0.05, 0.1) is 0 Å². The van der Waals surface area contributed by atoms with E-state index in [4.69, 9.17) is 11.6 Å². The minimum absolute atomic E-state index is 0.456. The van der Waals surface area contributed by atoms with Crippen LogP contribution in [0.25, 0.3) is 0 Å². The van der Waals surface area contributed by atoms with E-state index in [0.29, 0.717) is 6.04 Å². The molecular formula is C19H30ClN. The van der Waals surface area contributed by atoms with Crippen molar-refractivity contribution in [2.45, 2.75) is 59.4 Å². The molecule has 1 aromatic rings. The van der Waals surface area contributed by atoms with Gasteiger partial charge >= 0.3 is 0 Å². The number of rotatable bonds is 5. The first-order valence-electron chi connectivity index (χ1n) is 8.51. The number of hydrogen-bond donors (Lipinski definition) is 1. The van der Waals surface area contributed by atoms with Crippen LogP contribution in [0.5, 0.6) is 0 Å². The molecule has 4 atom stereocenters. The third-order valence-corrected chi connectivity index (χ3v) is 5.37. The van der Waals surface area contributed by atoms with Gasteiger partial charge < -0.3 is 5.32 Å². The fourth-order valence-corrected chi connectivity index (χ4v) is 3.99. The largest absolute Gasteiger partial charge is 0.310 e. The molecule has 0 bridgehead atoms. The fraction of sp³-hybridized carbons (Fsp3) is 0.684. The number of nitrogens with one attached hydrogen (secondary N) is 1. The van der Waals surface area contributed by atoms with Gasteiger partial charge in [0.25, 0.3) is 0 Å². The third kappa shape index (κ3) is 4.47. The topological polar surface area (TPSA) is 12.0 Å². The molecule has 0 saturated heterocycles. The standard InChI is InChI=1S/C19H30ClN/c1-5-8-21-19(16-7-6-14(3)15(4)11-16)17-9-13(2)10-18(20)12-17/h9-10,12,14-16,19,21H,5-8,11H2,1-4H3. The molecule has 2 heteroatoms. The van der Waals surface area contributed by atoms with Crippen LogP contribution in [0.3, 0.4) is 0 Å². The van der Waals surface area contributed by atoms with E-state index < -0.39 is 0 Å². The molecule has 0 radical (unpaired) electrons. The molecule has 1 aliphatic carbocycles. The minimum atomic E-state index is 0.456. The lowest BCUT2D eigenvalue weighted by Crippen LogP contribution is -2.33. The van der Waals surface area contributed by atoms with Crippen LogP contribution in [0.2, 0.25) is 5.02 Å². The zero-order valence-electron chi connectivity index (χ0n) is 14.0. The molecule has 4 unspecified atom stereocenters. The Morgan fingerprint density at radius 3 is 2.57 bits per heavy atom. The van der Waals surface area contributed by atoms with Crippen LogP contribution in [0.15, 0.2) is 18.2 Å². The molecule has 1 saturated carbocycles. The van der Waals surface area contributed by atoms with Gasteiger partial charge in [-0.05, 0) is 73.7 Å². The maximum Gasteiger partial charge on any atom is 0.0411 e. The lowest BCUT2D eigenvalue weighted by Gasteiger charge is -2.37. The van der Waals surface area contributed by atoms with Crippen molar-refractivity contribution < 1.29 is 0 Å². The molecule has 0 aromatic heterocycles. The molecule has 1 nitrogen and oxygen atoms in total. The molecule has 118 valence electrons. The van der Waals surface area contributed by atoms with Crippen molar-refractivity contribution in [3.05, 3.63) is 34.3 Å². The molecule has 0 spiro atoms. The van der Waals surface area contributed by atoms with Gasteiger partial charge in [-0.3, -0.25) is 0 Å². The highest BCUT2D eigenvalue weighted by molar-refractivity contribution is 6.30. The summed E-state index contributed by atoms with van der Waals surface area (Å²) in [5.74, 6) is 2.43. The Morgan fingerprint density at radius 2 is 1.95 bits per heavy atom. The zero-order valence-corrected chi connectivity index (χ0v) is 14.7. The van der Waals surface area contributed by atoms with E-state index >= 15 is 0 Å². The van der Waals surface area contributed by atoms with Gasteiger partial charge in [-0.15, -0.1) is 0 Å². The summed E-state index contributed by atoms with van der Waals surface area (Å²) in [6, 6.07) is 6.97. The molecule has 0 amide bonds. The number of hydrogen-bond acceptors (Lipinski definition) is 1. The molecule has 1 fully saturated rings. The fourth-order valence-electron chi connectivity index (χ4n) is 3.69. The van der Waals surface area contributed by atoms with Gasteiger partial charge in [0.2, 0.25) is 0 Å². The molecule has 1 N–H and O–H groups in total. The Bertz CT molecular complexity index is 437. The molecule has 0 heterocycles. The summed E-state index contributed by atoms with van der Waals surface area (Å²) in [4.78, 5) is 0. The van der Waals surface area contributed by atoms with Crippen LogP contribution < -0.4 is 5.32 Å². The van der Waals surface area contributed by atoms with Gasteiger partial charge in [-0.25, -0.2) is 0 Å². The summed E-state index contributed by atoms with van der Waals surface area (Å²) >= 11 is 6.29. The highest BCUT2D eigenvalue weighted by atomic mass is 35.5.